The molecule has 0 aromatic carbocycles. The summed E-state index contributed by atoms with van der Waals surface area (Å²) in [5.74, 6) is 0. The summed E-state index contributed by atoms with van der Waals surface area (Å²) >= 11 is 5.81. The number of fused-ring (bicyclic) bond motifs is 1. The highest BCUT2D eigenvalue weighted by atomic mass is 35.5. The molecular weight excluding hydrogens is 240 g/mol. The number of rotatable bonds is 0. The van der Waals surface area contributed by atoms with Gasteiger partial charge in [-0.05, 0) is 38.0 Å². The summed E-state index contributed by atoms with van der Waals surface area (Å²) in [6.07, 6.45) is 1.41. The van der Waals surface area contributed by atoms with E-state index in [-0.39, 0.29) is 6.09 Å². The van der Waals surface area contributed by atoms with E-state index in [2.05, 4.69) is 4.98 Å². The standard InChI is InChI=1S/C12H15ClN2O2/c1-12(2,3)17-11(16)15-6-8-4-10(13)14-5-9(8)7-15/h4-5H,6-7H2,1-3H3. The minimum Gasteiger partial charge on any atom is -0.444 e. The molecule has 17 heavy (non-hydrogen) atoms. The van der Waals surface area contributed by atoms with Gasteiger partial charge >= 0.3 is 6.09 Å². The van der Waals surface area contributed by atoms with E-state index in [0.29, 0.717) is 18.2 Å². The summed E-state index contributed by atoms with van der Waals surface area (Å²) in [5.41, 5.74) is 1.60. The van der Waals surface area contributed by atoms with Gasteiger partial charge in [0.05, 0.1) is 6.54 Å². The van der Waals surface area contributed by atoms with Crippen LogP contribution < -0.4 is 0 Å². The minimum absolute atomic E-state index is 0.301. The van der Waals surface area contributed by atoms with Crippen molar-refractivity contribution in [1.82, 2.24) is 9.88 Å². The quantitative estimate of drug-likeness (QED) is 0.669. The Kier molecular flexibility index (Phi) is 3.00. The molecule has 4 nitrogen and oxygen atoms in total. The summed E-state index contributed by atoms with van der Waals surface area (Å²) in [7, 11) is 0. The van der Waals surface area contributed by atoms with Gasteiger partial charge in [0.15, 0.2) is 0 Å². The summed E-state index contributed by atoms with van der Waals surface area (Å²) < 4.78 is 5.32. The second-order valence-electron chi connectivity index (χ2n) is 5.11. The van der Waals surface area contributed by atoms with E-state index in [1.165, 1.54) is 0 Å². The molecule has 1 amide bonds. The van der Waals surface area contributed by atoms with Gasteiger partial charge in [0.2, 0.25) is 0 Å². The van der Waals surface area contributed by atoms with Crippen LogP contribution in [-0.4, -0.2) is 21.6 Å². The Morgan fingerprint density at radius 2 is 2.06 bits per heavy atom. The van der Waals surface area contributed by atoms with Crippen LogP contribution in [0.15, 0.2) is 12.3 Å². The normalized spacial score (nSPS) is 14.7. The number of nitrogens with zero attached hydrogens (tertiary/aromatic N) is 2. The van der Waals surface area contributed by atoms with Crippen molar-refractivity contribution in [3.63, 3.8) is 0 Å². The first-order chi connectivity index (χ1) is 7.85. The lowest BCUT2D eigenvalue weighted by molar-refractivity contribution is 0.0242. The van der Waals surface area contributed by atoms with Gasteiger partial charge in [-0.15, -0.1) is 0 Å². The Morgan fingerprint density at radius 1 is 1.41 bits per heavy atom. The summed E-state index contributed by atoms with van der Waals surface area (Å²) in [4.78, 5) is 17.5. The fourth-order valence-corrected chi connectivity index (χ4v) is 1.89. The van der Waals surface area contributed by atoms with Crippen molar-refractivity contribution in [2.45, 2.75) is 39.5 Å². The Morgan fingerprint density at radius 3 is 2.71 bits per heavy atom. The molecule has 0 radical (unpaired) electrons. The van der Waals surface area contributed by atoms with Crippen molar-refractivity contribution in [2.75, 3.05) is 0 Å². The van der Waals surface area contributed by atoms with Gasteiger partial charge in [0.1, 0.15) is 10.8 Å². The summed E-state index contributed by atoms with van der Waals surface area (Å²) in [5, 5.41) is 0.454. The largest absolute Gasteiger partial charge is 0.444 e. The molecule has 1 aliphatic heterocycles. The van der Waals surface area contributed by atoms with Gasteiger partial charge in [-0.2, -0.15) is 0 Å². The molecule has 2 rings (SSSR count). The van der Waals surface area contributed by atoms with E-state index in [4.69, 9.17) is 16.3 Å². The zero-order valence-electron chi connectivity index (χ0n) is 10.2. The number of amides is 1. The molecule has 0 N–H and O–H groups in total. The molecule has 1 aromatic heterocycles. The number of hydrogen-bond acceptors (Lipinski definition) is 3. The van der Waals surface area contributed by atoms with Crippen LogP contribution in [0.4, 0.5) is 4.79 Å². The third kappa shape index (κ3) is 2.88. The predicted octanol–water partition coefficient (Wildman–Crippen LogP) is 2.99. The van der Waals surface area contributed by atoms with E-state index < -0.39 is 5.60 Å². The van der Waals surface area contributed by atoms with Gasteiger partial charge in [-0.3, -0.25) is 4.90 Å². The minimum atomic E-state index is -0.470. The molecule has 1 aliphatic rings. The van der Waals surface area contributed by atoms with Crippen LogP contribution in [0.3, 0.4) is 0 Å². The highest BCUT2D eigenvalue weighted by Gasteiger charge is 2.27. The van der Waals surface area contributed by atoms with Gasteiger partial charge in [0, 0.05) is 12.7 Å². The Labute approximate surface area is 106 Å². The first-order valence-corrected chi connectivity index (χ1v) is 5.84. The maximum absolute atomic E-state index is 11.9. The van der Waals surface area contributed by atoms with Crippen LogP contribution in [0.25, 0.3) is 0 Å². The molecular formula is C12H15ClN2O2. The molecule has 0 saturated carbocycles. The Bertz CT molecular complexity index is 454. The smallest absolute Gasteiger partial charge is 0.410 e. The molecule has 0 saturated heterocycles. The summed E-state index contributed by atoms with van der Waals surface area (Å²) in [6.45, 7) is 6.63. The SMILES string of the molecule is CC(C)(C)OC(=O)N1Cc2cnc(Cl)cc2C1. The number of ether oxygens (including phenoxy) is 1. The average molecular weight is 255 g/mol. The van der Waals surface area contributed by atoms with Crippen molar-refractivity contribution < 1.29 is 9.53 Å². The van der Waals surface area contributed by atoms with Crippen LogP contribution in [0.5, 0.6) is 0 Å². The summed E-state index contributed by atoms with van der Waals surface area (Å²) in [6, 6.07) is 1.79. The number of hydrogen-bond donors (Lipinski definition) is 0. The van der Waals surface area contributed by atoms with Crippen molar-refractivity contribution in [3.8, 4) is 0 Å². The third-order valence-corrected chi connectivity index (χ3v) is 2.63. The van der Waals surface area contributed by atoms with Crippen LogP contribution in [0, 0.1) is 0 Å². The topological polar surface area (TPSA) is 42.4 Å². The molecule has 0 spiro atoms. The fraction of sp³-hybridized carbons (Fsp3) is 0.500. The molecule has 0 unspecified atom stereocenters. The highest BCUT2D eigenvalue weighted by molar-refractivity contribution is 6.29. The van der Waals surface area contributed by atoms with E-state index in [0.717, 1.165) is 11.1 Å². The number of carbonyl (C=O) groups is 1. The fourth-order valence-electron chi connectivity index (χ4n) is 1.71. The Balaban J connectivity index is 2.07. The van der Waals surface area contributed by atoms with E-state index in [9.17, 15) is 4.79 Å². The molecule has 92 valence electrons. The maximum atomic E-state index is 11.9. The zero-order chi connectivity index (χ0) is 12.6. The van der Waals surface area contributed by atoms with Crippen LogP contribution >= 0.6 is 11.6 Å². The van der Waals surface area contributed by atoms with Crippen LogP contribution in [-0.2, 0) is 17.8 Å². The third-order valence-electron chi connectivity index (χ3n) is 2.42. The monoisotopic (exact) mass is 254 g/mol. The zero-order valence-corrected chi connectivity index (χ0v) is 10.9. The van der Waals surface area contributed by atoms with Crippen LogP contribution in [0.2, 0.25) is 5.15 Å². The van der Waals surface area contributed by atoms with Crippen molar-refractivity contribution in [2.24, 2.45) is 0 Å². The number of halogens is 1. The Hall–Kier alpha value is -1.29. The lowest BCUT2D eigenvalue weighted by Crippen LogP contribution is -2.33. The first-order valence-electron chi connectivity index (χ1n) is 5.46. The van der Waals surface area contributed by atoms with Crippen LogP contribution in [0.1, 0.15) is 31.9 Å². The second kappa shape index (κ2) is 4.18. The van der Waals surface area contributed by atoms with Gasteiger partial charge in [-0.25, -0.2) is 9.78 Å². The lowest BCUT2D eigenvalue weighted by atomic mass is 10.2. The first kappa shape index (κ1) is 12.2. The van der Waals surface area contributed by atoms with Crippen molar-refractivity contribution >= 4 is 17.7 Å². The van der Waals surface area contributed by atoms with Crippen molar-refractivity contribution in [1.29, 1.82) is 0 Å². The average Bonchev–Trinajstić information content (AvgIpc) is 2.57. The van der Waals surface area contributed by atoms with Gasteiger partial charge in [-0.1, -0.05) is 11.6 Å². The maximum Gasteiger partial charge on any atom is 0.410 e. The molecule has 0 bridgehead atoms. The van der Waals surface area contributed by atoms with Crippen molar-refractivity contribution in [3.05, 3.63) is 28.5 Å². The lowest BCUT2D eigenvalue weighted by Gasteiger charge is -2.24. The molecule has 1 aromatic rings. The van der Waals surface area contributed by atoms with Gasteiger partial charge < -0.3 is 4.74 Å². The predicted molar refractivity (Wildman–Crippen MR) is 64.7 cm³/mol. The number of pyridine rings is 1. The number of aromatic nitrogens is 1. The van der Waals surface area contributed by atoms with E-state index in [1.54, 1.807) is 17.2 Å². The molecule has 0 fully saturated rings. The molecule has 2 heterocycles. The second-order valence-corrected chi connectivity index (χ2v) is 5.50. The van der Waals surface area contributed by atoms with E-state index >= 15 is 0 Å². The highest BCUT2D eigenvalue weighted by Crippen LogP contribution is 2.25. The van der Waals surface area contributed by atoms with Gasteiger partial charge in [0.25, 0.3) is 0 Å². The number of carbonyl (C=O) groups excluding carboxylic acids is 1. The van der Waals surface area contributed by atoms with E-state index in [1.807, 2.05) is 20.8 Å². The molecule has 0 aliphatic carbocycles. The molecule has 5 heteroatoms. The molecule has 0 atom stereocenters.